The Hall–Kier alpha value is -1.94. The zero-order valence-electron chi connectivity index (χ0n) is 16.7. The molecule has 156 valence electrons. The van der Waals surface area contributed by atoms with Gasteiger partial charge in [0.25, 0.3) is 0 Å². The maximum absolute atomic E-state index is 12.7. The van der Waals surface area contributed by atoms with E-state index >= 15 is 0 Å². The number of hydrogen-bond acceptors (Lipinski definition) is 5. The van der Waals surface area contributed by atoms with Crippen molar-refractivity contribution in [2.45, 2.75) is 25.8 Å². The Morgan fingerprint density at radius 3 is 2.25 bits per heavy atom. The first-order valence-electron chi connectivity index (χ1n) is 9.49. The molecule has 2 bridgehead atoms. The van der Waals surface area contributed by atoms with Gasteiger partial charge in [-0.1, -0.05) is 12.2 Å². The van der Waals surface area contributed by atoms with Crippen LogP contribution in [0.4, 0.5) is 0 Å². The summed E-state index contributed by atoms with van der Waals surface area (Å²) in [4.78, 5) is 30.8. The summed E-state index contributed by atoms with van der Waals surface area (Å²) in [6, 6.07) is 0. The maximum Gasteiger partial charge on any atom is 0.233 e. The number of fused-ring (bicyclic) bond motifs is 5. The number of nitrogens with zero attached hydrogens (tertiary/aromatic N) is 2. The van der Waals surface area contributed by atoms with Gasteiger partial charge < -0.3 is 10.6 Å². The third-order valence-electron chi connectivity index (χ3n) is 5.57. The second-order valence-electron chi connectivity index (χ2n) is 8.44. The fraction of sp³-hybridized carbons (Fsp3) is 0.722. The van der Waals surface area contributed by atoms with E-state index in [9.17, 15) is 18.0 Å². The van der Waals surface area contributed by atoms with Crippen LogP contribution in [0, 0.1) is 23.7 Å². The predicted molar refractivity (Wildman–Crippen MR) is 106 cm³/mol. The molecule has 2 amide bonds. The van der Waals surface area contributed by atoms with E-state index in [4.69, 9.17) is 0 Å². The molecule has 0 radical (unpaired) electrons. The van der Waals surface area contributed by atoms with Crippen LogP contribution in [0.1, 0.15) is 20.3 Å². The van der Waals surface area contributed by atoms with Gasteiger partial charge in [-0.05, 0) is 32.1 Å². The molecule has 10 heteroatoms. The number of imide groups is 1. The van der Waals surface area contributed by atoms with Crippen molar-refractivity contribution in [3.05, 3.63) is 12.2 Å². The Bertz CT molecular complexity index is 790. The fourth-order valence-corrected chi connectivity index (χ4v) is 5.61. The summed E-state index contributed by atoms with van der Waals surface area (Å²) in [5, 5.41) is 6.13. The topological polar surface area (TPSA) is 120 Å². The zero-order valence-corrected chi connectivity index (χ0v) is 17.5. The zero-order chi connectivity index (χ0) is 20.7. The van der Waals surface area contributed by atoms with Crippen LogP contribution in [-0.4, -0.2) is 69.6 Å². The molecule has 3 N–H and O–H groups in total. The predicted octanol–water partition coefficient (Wildman–Crippen LogP) is -0.714. The van der Waals surface area contributed by atoms with Crippen LogP contribution in [-0.2, 0) is 19.6 Å². The molecule has 3 rings (SSSR count). The summed E-state index contributed by atoms with van der Waals surface area (Å²) < 4.78 is 25.4. The number of carbonyl (C=O) groups excluding carboxylic acids is 2. The molecular formula is C18H29N5O4S. The number of aliphatic imine (C=N–C) groups is 1. The summed E-state index contributed by atoms with van der Waals surface area (Å²) in [5.74, 6) is 0.423. The van der Waals surface area contributed by atoms with Crippen molar-refractivity contribution in [2.24, 2.45) is 28.7 Å². The van der Waals surface area contributed by atoms with Gasteiger partial charge in [0.15, 0.2) is 5.96 Å². The smallest absolute Gasteiger partial charge is 0.233 e. The summed E-state index contributed by atoms with van der Waals surface area (Å²) in [5.41, 5.74) is -0.699. The first-order valence-corrected chi connectivity index (χ1v) is 11.4. The van der Waals surface area contributed by atoms with Crippen molar-refractivity contribution in [1.82, 2.24) is 20.3 Å². The average molecular weight is 412 g/mol. The van der Waals surface area contributed by atoms with Crippen LogP contribution >= 0.6 is 0 Å². The molecule has 4 atom stereocenters. The summed E-state index contributed by atoms with van der Waals surface area (Å²) in [6.07, 6.45) is 6.20. The van der Waals surface area contributed by atoms with Gasteiger partial charge in [-0.25, -0.2) is 13.1 Å². The molecule has 3 aliphatic rings. The molecule has 9 nitrogen and oxygen atoms in total. The number of amides is 2. The summed E-state index contributed by atoms with van der Waals surface area (Å²) in [6.45, 7) is 4.50. The van der Waals surface area contributed by atoms with E-state index in [2.05, 4.69) is 32.5 Å². The van der Waals surface area contributed by atoms with Crippen molar-refractivity contribution in [3.8, 4) is 0 Å². The van der Waals surface area contributed by atoms with Gasteiger partial charge in [0.2, 0.25) is 21.8 Å². The Labute approximate surface area is 166 Å². The van der Waals surface area contributed by atoms with Gasteiger partial charge in [-0.2, -0.15) is 0 Å². The van der Waals surface area contributed by atoms with Crippen molar-refractivity contribution in [2.75, 3.05) is 32.9 Å². The minimum absolute atomic E-state index is 0.0601. The van der Waals surface area contributed by atoms with Crippen LogP contribution in [0.3, 0.4) is 0 Å². The van der Waals surface area contributed by atoms with Gasteiger partial charge in [-0.3, -0.25) is 19.5 Å². The normalized spacial score (nSPS) is 29.6. The molecule has 1 heterocycles. The highest BCUT2D eigenvalue weighted by Gasteiger charge is 2.58. The van der Waals surface area contributed by atoms with Crippen LogP contribution in [0.15, 0.2) is 17.1 Å². The number of rotatable bonds is 7. The van der Waals surface area contributed by atoms with Crippen molar-refractivity contribution < 1.29 is 18.0 Å². The molecule has 0 spiro atoms. The lowest BCUT2D eigenvalue weighted by Crippen LogP contribution is -2.53. The van der Waals surface area contributed by atoms with Crippen LogP contribution in [0.5, 0.6) is 0 Å². The molecule has 4 unspecified atom stereocenters. The molecule has 1 aliphatic heterocycles. The number of sulfonamides is 1. The lowest BCUT2D eigenvalue weighted by atomic mass is 9.85. The lowest BCUT2D eigenvalue weighted by Gasteiger charge is -2.26. The molecule has 2 aliphatic carbocycles. The number of carbonyl (C=O) groups is 2. The van der Waals surface area contributed by atoms with E-state index in [-0.39, 0.29) is 42.0 Å². The number of hydrogen-bond donors (Lipinski definition) is 3. The monoisotopic (exact) mass is 411 g/mol. The molecule has 2 fully saturated rings. The molecule has 0 aromatic rings. The van der Waals surface area contributed by atoms with Crippen LogP contribution in [0.25, 0.3) is 0 Å². The molecule has 1 saturated heterocycles. The largest absolute Gasteiger partial charge is 0.355 e. The Morgan fingerprint density at radius 1 is 1.18 bits per heavy atom. The molecule has 1 saturated carbocycles. The number of allylic oxidation sites excluding steroid dienone is 2. The third kappa shape index (κ3) is 4.22. The van der Waals surface area contributed by atoms with Crippen molar-refractivity contribution >= 4 is 27.8 Å². The SMILES string of the molecule is CN=C(NCCN1C(=O)C2C3C=CC(C3)C2C1=O)NCC(C)(C)NS(C)(=O)=O. The Kier molecular flexibility index (Phi) is 5.55. The second-order valence-corrected chi connectivity index (χ2v) is 10.2. The minimum Gasteiger partial charge on any atom is -0.355 e. The molecule has 0 aromatic heterocycles. The number of likely N-dealkylation sites (tertiary alicyclic amines) is 1. The van der Waals surface area contributed by atoms with E-state index in [1.54, 1.807) is 20.9 Å². The highest BCUT2D eigenvalue weighted by atomic mass is 32.2. The molecule has 0 aromatic carbocycles. The first kappa shape index (κ1) is 20.8. The highest BCUT2D eigenvalue weighted by Crippen LogP contribution is 2.52. The van der Waals surface area contributed by atoms with E-state index < -0.39 is 15.6 Å². The Morgan fingerprint density at radius 2 is 1.75 bits per heavy atom. The van der Waals surface area contributed by atoms with Crippen LogP contribution in [0.2, 0.25) is 0 Å². The van der Waals surface area contributed by atoms with Gasteiger partial charge in [-0.15, -0.1) is 0 Å². The van der Waals surface area contributed by atoms with E-state index in [0.717, 1.165) is 12.7 Å². The molecule has 28 heavy (non-hydrogen) atoms. The molecular weight excluding hydrogens is 382 g/mol. The maximum atomic E-state index is 12.7. The van der Waals surface area contributed by atoms with Crippen molar-refractivity contribution in [1.29, 1.82) is 0 Å². The van der Waals surface area contributed by atoms with Gasteiger partial charge >= 0.3 is 0 Å². The van der Waals surface area contributed by atoms with E-state index in [0.29, 0.717) is 19.0 Å². The standard InChI is InChI=1S/C18H29N5O4S/c1-18(2,22-28(4,26)27)10-21-17(19-3)20-7-8-23-15(24)13-11-5-6-12(9-11)14(13)16(23)25/h5-6,11-14,22H,7-10H2,1-4H3,(H2,19,20,21). The van der Waals surface area contributed by atoms with Gasteiger partial charge in [0, 0.05) is 32.2 Å². The minimum atomic E-state index is -3.33. The second kappa shape index (κ2) is 7.47. The van der Waals surface area contributed by atoms with Crippen LogP contribution < -0.4 is 15.4 Å². The highest BCUT2D eigenvalue weighted by molar-refractivity contribution is 7.88. The number of nitrogens with one attached hydrogen (secondary N) is 3. The quantitative estimate of drug-likeness (QED) is 0.220. The van der Waals surface area contributed by atoms with Crippen molar-refractivity contribution in [3.63, 3.8) is 0 Å². The number of guanidine groups is 1. The average Bonchev–Trinajstić information content (AvgIpc) is 3.24. The summed E-state index contributed by atoms with van der Waals surface area (Å²) in [7, 11) is -1.72. The first-order chi connectivity index (χ1) is 13.0. The Balaban J connectivity index is 1.48. The van der Waals surface area contributed by atoms with Gasteiger partial charge in [0.1, 0.15) is 0 Å². The third-order valence-corrected chi connectivity index (χ3v) is 6.50. The lowest BCUT2D eigenvalue weighted by molar-refractivity contribution is -0.140. The van der Waals surface area contributed by atoms with E-state index in [1.165, 1.54) is 4.90 Å². The van der Waals surface area contributed by atoms with Gasteiger partial charge in [0.05, 0.1) is 18.1 Å². The fourth-order valence-electron chi connectivity index (χ4n) is 4.53. The van der Waals surface area contributed by atoms with E-state index in [1.807, 2.05) is 0 Å². The summed E-state index contributed by atoms with van der Waals surface area (Å²) >= 11 is 0.